The Balaban J connectivity index is 0.812. The molecule has 0 saturated heterocycles. The molecule has 422 valence electrons. The van der Waals surface area contributed by atoms with Crippen LogP contribution in [0.4, 0.5) is 34.1 Å². The highest BCUT2D eigenvalue weighted by Crippen LogP contribution is 2.45. The molecule has 0 spiro atoms. The molecule has 3 aromatic heterocycles. The summed E-state index contributed by atoms with van der Waals surface area (Å²) in [5.41, 5.74) is 25.5. The standard InChI is InChI=1S/C81H55BN8/c1-52-37-44-70-63(47-52)64-48-53(2)38-45-71(64)90(70)72-46-41-60(80-86-78(56-23-9-4-10-24-56)85-79(87-80)57-25-11-5-12-26-57)50-65(72)81-83-68(55-21-7-3-8-22-55)51-69(84-81)59-28-19-27-58(49-59)54-39-42-62(43-40-54)89-74-34-18-16-32-67(74)82-66-31-15-17-33-73(66)88(61-29-13-6-14-30-61)75-35-20-36-76(89)77(75)82/h3-51H,1-2H3. The second kappa shape index (κ2) is 21.6. The average Bonchev–Trinajstić information content (AvgIpc) is 0.740. The predicted octanol–water partition coefficient (Wildman–Crippen LogP) is 18.1. The van der Waals surface area contributed by atoms with E-state index < -0.39 is 0 Å². The maximum Gasteiger partial charge on any atom is 0.252 e. The van der Waals surface area contributed by atoms with Crippen LogP contribution in [-0.4, -0.2) is 36.2 Å². The lowest BCUT2D eigenvalue weighted by Crippen LogP contribution is -2.61. The lowest BCUT2D eigenvalue weighted by molar-refractivity contribution is 1.07. The van der Waals surface area contributed by atoms with Gasteiger partial charge in [0.05, 0.1) is 28.1 Å². The van der Waals surface area contributed by atoms with E-state index in [0.717, 1.165) is 84.0 Å². The summed E-state index contributed by atoms with van der Waals surface area (Å²) in [7, 11) is 0. The van der Waals surface area contributed by atoms with Crippen molar-refractivity contribution >= 4 is 79.0 Å². The highest BCUT2D eigenvalue weighted by Gasteiger charge is 2.43. The lowest BCUT2D eigenvalue weighted by atomic mass is 9.33. The molecule has 0 amide bonds. The van der Waals surface area contributed by atoms with Crippen LogP contribution in [0.15, 0.2) is 297 Å². The van der Waals surface area contributed by atoms with Crippen molar-refractivity contribution in [1.82, 2.24) is 29.5 Å². The second-order valence-corrected chi connectivity index (χ2v) is 23.4. The Morgan fingerprint density at radius 1 is 0.278 bits per heavy atom. The number of aryl methyl sites for hydroxylation is 2. The van der Waals surface area contributed by atoms with Crippen molar-refractivity contribution in [3.63, 3.8) is 0 Å². The summed E-state index contributed by atoms with van der Waals surface area (Å²) in [5, 5.41) is 2.36. The van der Waals surface area contributed by atoms with Gasteiger partial charge >= 0.3 is 0 Å². The number of para-hydroxylation sites is 3. The first-order chi connectivity index (χ1) is 44.4. The zero-order valence-corrected chi connectivity index (χ0v) is 49.4. The lowest BCUT2D eigenvalue weighted by Gasteiger charge is -2.44. The molecular weight excluding hydrogens is 1100 g/mol. The molecule has 0 aliphatic carbocycles. The molecule has 8 nitrogen and oxygen atoms in total. The normalized spacial score (nSPS) is 12.3. The van der Waals surface area contributed by atoms with E-state index in [4.69, 9.17) is 24.9 Å². The van der Waals surface area contributed by atoms with Gasteiger partial charge < -0.3 is 14.4 Å². The maximum absolute atomic E-state index is 5.65. The van der Waals surface area contributed by atoms with Crippen LogP contribution < -0.4 is 26.2 Å². The van der Waals surface area contributed by atoms with Crippen molar-refractivity contribution in [2.75, 3.05) is 9.80 Å². The summed E-state index contributed by atoms with van der Waals surface area (Å²) < 4.78 is 2.37. The van der Waals surface area contributed by atoms with Crippen molar-refractivity contribution in [3.8, 4) is 84.9 Å². The minimum absolute atomic E-state index is 0.0705. The average molecular weight is 1150 g/mol. The molecule has 15 aromatic rings. The summed E-state index contributed by atoms with van der Waals surface area (Å²) in [5.74, 6) is 2.28. The molecule has 2 aliphatic heterocycles. The number of hydrogen-bond acceptors (Lipinski definition) is 7. The van der Waals surface area contributed by atoms with E-state index >= 15 is 0 Å². The van der Waals surface area contributed by atoms with Crippen LogP contribution >= 0.6 is 0 Å². The molecule has 90 heavy (non-hydrogen) atoms. The summed E-state index contributed by atoms with van der Waals surface area (Å²) in [4.78, 5) is 31.6. The molecular formula is C81H55BN8. The number of aromatic nitrogens is 6. The quantitative estimate of drug-likeness (QED) is 0.126. The number of nitrogens with zero attached hydrogens (tertiary/aromatic N) is 8. The molecule has 0 N–H and O–H groups in total. The molecule has 2 aliphatic rings. The van der Waals surface area contributed by atoms with Gasteiger partial charge in [0.2, 0.25) is 0 Å². The van der Waals surface area contributed by atoms with Gasteiger partial charge in [-0.3, -0.25) is 0 Å². The van der Waals surface area contributed by atoms with E-state index in [1.165, 1.54) is 61.0 Å². The molecule has 0 bridgehead atoms. The first-order valence-electron chi connectivity index (χ1n) is 30.6. The Labute approximate surface area is 522 Å². The zero-order valence-electron chi connectivity index (χ0n) is 49.4. The Morgan fingerprint density at radius 3 is 1.30 bits per heavy atom. The van der Waals surface area contributed by atoms with Crippen LogP contribution in [0, 0.1) is 13.8 Å². The van der Waals surface area contributed by atoms with Crippen molar-refractivity contribution in [1.29, 1.82) is 0 Å². The molecule has 12 aromatic carbocycles. The second-order valence-electron chi connectivity index (χ2n) is 23.4. The highest BCUT2D eigenvalue weighted by atomic mass is 15.2. The Hall–Kier alpha value is -11.8. The van der Waals surface area contributed by atoms with Gasteiger partial charge in [0, 0.05) is 78.3 Å². The number of rotatable bonds is 10. The zero-order chi connectivity index (χ0) is 59.8. The van der Waals surface area contributed by atoms with E-state index in [9.17, 15) is 0 Å². The van der Waals surface area contributed by atoms with E-state index in [-0.39, 0.29) is 6.71 Å². The third kappa shape index (κ3) is 8.97. The molecule has 9 heteroatoms. The third-order valence-corrected chi connectivity index (χ3v) is 17.7. The van der Waals surface area contributed by atoms with Crippen molar-refractivity contribution < 1.29 is 0 Å². The monoisotopic (exact) mass is 1150 g/mol. The van der Waals surface area contributed by atoms with Gasteiger partial charge in [0.15, 0.2) is 23.3 Å². The molecule has 0 atom stereocenters. The van der Waals surface area contributed by atoms with Gasteiger partial charge in [-0.2, -0.15) is 0 Å². The Bertz CT molecular complexity index is 5170. The van der Waals surface area contributed by atoms with Crippen molar-refractivity contribution in [2.24, 2.45) is 0 Å². The van der Waals surface area contributed by atoms with Gasteiger partial charge in [-0.15, -0.1) is 0 Å². The molecule has 0 fully saturated rings. The van der Waals surface area contributed by atoms with Crippen LogP contribution in [0.25, 0.3) is 107 Å². The van der Waals surface area contributed by atoms with Crippen LogP contribution in [0.2, 0.25) is 0 Å². The number of benzene rings is 12. The first kappa shape index (κ1) is 52.5. The Kier molecular flexibility index (Phi) is 12.6. The van der Waals surface area contributed by atoms with Gasteiger partial charge in [0.25, 0.3) is 6.71 Å². The van der Waals surface area contributed by atoms with Crippen LogP contribution in [0.1, 0.15) is 11.1 Å². The maximum atomic E-state index is 5.65. The smallest absolute Gasteiger partial charge is 0.252 e. The van der Waals surface area contributed by atoms with Crippen molar-refractivity contribution in [2.45, 2.75) is 13.8 Å². The molecule has 0 saturated carbocycles. The van der Waals surface area contributed by atoms with Gasteiger partial charge in [-0.1, -0.05) is 205 Å². The largest absolute Gasteiger partial charge is 0.311 e. The van der Waals surface area contributed by atoms with Crippen molar-refractivity contribution in [3.05, 3.63) is 308 Å². The topological polar surface area (TPSA) is 75.9 Å². The molecule has 5 heterocycles. The minimum atomic E-state index is 0.0705. The first-order valence-corrected chi connectivity index (χ1v) is 30.6. The predicted molar refractivity (Wildman–Crippen MR) is 371 cm³/mol. The summed E-state index contributed by atoms with van der Waals surface area (Å²) >= 11 is 0. The number of fused-ring (bicyclic) bond motifs is 7. The number of anilines is 6. The fourth-order valence-electron chi connectivity index (χ4n) is 13.6. The number of hydrogen-bond donors (Lipinski definition) is 0. The van der Waals surface area contributed by atoms with Crippen LogP contribution in [-0.2, 0) is 0 Å². The summed E-state index contributed by atoms with van der Waals surface area (Å²) in [6, 6.07) is 106. The summed E-state index contributed by atoms with van der Waals surface area (Å²) in [6.45, 7) is 4.39. The van der Waals surface area contributed by atoms with E-state index in [0.29, 0.717) is 23.3 Å². The minimum Gasteiger partial charge on any atom is -0.311 e. The van der Waals surface area contributed by atoms with Gasteiger partial charge in [-0.05, 0) is 144 Å². The van der Waals surface area contributed by atoms with Gasteiger partial charge in [-0.25, -0.2) is 24.9 Å². The Morgan fingerprint density at radius 2 is 0.722 bits per heavy atom. The fourth-order valence-corrected chi connectivity index (χ4v) is 13.6. The van der Waals surface area contributed by atoms with Gasteiger partial charge in [0.1, 0.15) is 0 Å². The van der Waals surface area contributed by atoms with E-state index in [2.05, 4.69) is 259 Å². The van der Waals surface area contributed by atoms with E-state index in [1.54, 1.807) is 0 Å². The molecule has 0 radical (unpaired) electrons. The molecule has 17 rings (SSSR count). The third-order valence-electron chi connectivity index (χ3n) is 17.7. The van der Waals surface area contributed by atoms with Crippen LogP contribution in [0.5, 0.6) is 0 Å². The summed E-state index contributed by atoms with van der Waals surface area (Å²) in [6.07, 6.45) is 0. The highest BCUT2D eigenvalue weighted by molar-refractivity contribution is 7.00. The molecule has 0 unspecified atom stereocenters. The van der Waals surface area contributed by atoms with E-state index in [1.807, 2.05) is 66.7 Å². The SMILES string of the molecule is Cc1ccc2c(c1)c1cc(C)ccc1n2-c1ccc(-c2nc(-c3ccccc3)nc(-c3ccccc3)n2)cc1-c1nc(-c2ccccc2)cc(-c2cccc(-c3ccc(N4c5ccccc5B5c6ccccc6N(c6ccccc6)c6cccc4c65)cc3)c2)n1. The van der Waals surface area contributed by atoms with Crippen LogP contribution in [0.3, 0.4) is 0 Å². The fraction of sp³-hybridized carbons (Fsp3) is 0.0247.